The third kappa shape index (κ3) is 7.60. The van der Waals surface area contributed by atoms with E-state index in [-0.39, 0.29) is 24.8 Å². The SMILES string of the molecule is CCOC(C)OCC.O=C[C@@H]1CCCN1C(=O)[C@@H]1CCCN1C(=O)OCc1ccccc1. The molecule has 0 saturated carbocycles. The number of aldehydes is 1. The van der Waals surface area contributed by atoms with Crippen molar-refractivity contribution in [2.24, 2.45) is 0 Å². The predicted octanol–water partition coefficient (Wildman–Crippen LogP) is 3.38. The van der Waals surface area contributed by atoms with Crippen LogP contribution in [-0.4, -0.2) is 72.8 Å². The van der Waals surface area contributed by atoms with E-state index in [1.54, 1.807) is 4.90 Å². The lowest BCUT2D eigenvalue weighted by Gasteiger charge is -2.29. The van der Waals surface area contributed by atoms with Gasteiger partial charge in [0.05, 0.1) is 6.04 Å². The normalized spacial score (nSPS) is 20.1. The van der Waals surface area contributed by atoms with Crippen molar-refractivity contribution in [3.05, 3.63) is 35.9 Å². The number of carbonyl (C=O) groups excluding carboxylic acids is 3. The fraction of sp³-hybridized carbons (Fsp3) is 0.625. The number of likely N-dealkylation sites (tertiary alicyclic amines) is 2. The summed E-state index contributed by atoms with van der Waals surface area (Å²) in [7, 11) is 0. The summed E-state index contributed by atoms with van der Waals surface area (Å²) >= 11 is 0. The first-order valence-corrected chi connectivity index (χ1v) is 11.5. The molecule has 0 unspecified atom stereocenters. The molecule has 8 heteroatoms. The number of carbonyl (C=O) groups is 3. The van der Waals surface area contributed by atoms with Crippen LogP contribution in [0, 0.1) is 0 Å². The first-order chi connectivity index (χ1) is 15.5. The van der Waals surface area contributed by atoms with E-state index in [2.05, 4.69) is 0 Å². The Morgan fingerprint density at radius 2 is 1.66 bits per heavy atom. The Bertz CT molecular complexity index is 708. The summed E-state index contributed by atoms with van der Waals surface area (Å²) in [5, 5.41) is 0. The zero-order valence-electron chi connectivity index (χ0n) is 19.4. The van der Waals surface area contributed by atoms with Crippen molar-refractivity contribution >= 4 is 18.3 Å². The van der Waals surface area contributed by atoms with Gasteiger partial charge in [0.25, 0.3) is 0 Å². The number of ether oxygens (including phenoxy) is 3. The Balaban J connectivity index is 0.000000390. The van der Waals surface area contributed by atoms with Gasteiger partial charge in [-0.2, -0.15) is 0 Å². The van der Waals surface area contributed by atoms with Crippen LogP contribution in [0.25, 0.3) is 0 Å². The van der Waals surface area contributed by atoms with Gasteiger partial charge in [0.15, 0.2) is 6.29 Å². The summed E-state index contributed by atoms with van der Waals surface area (Å²) in [5.41, 5.74) is 0.911. The molecule has 3 rings (SSSR count). The Morgan fingerprint density at radius 3 is 2.28 bits per heavy atom. The summed E-state index contributed by atoms with van der Waals surface area (Å²) in [6.45, 7) is 8.55. The van der Waals surface area contributed by atoms with Gasteiger partial charge in [0.2, 0.25) is 5.91 Å². The average molecular weight is 449 g/mol. The standard InChI is InChI=1S/C18H22N2O4.C6H14O2/c21-12-15-8-4-10-19(15)17(22)16-9-5-11-20(16)18(23)24-13-14-6-2-1-3-7-14;1-4-7-6(3)8-5-2/h1-3,6-7,12,15-16H,4-5,8-11,13H2;6H,4-5H2,1-3H3/t15-,16-;/m0./s1. The molecule has 2 saturated heterocycles. The van der Waals surface area contributed by atoms with E-state index in [1.807, 2.05) is 51.1 Å². The summed E-state index contributed by atoms with van der Waals surface area (Å²) in [4.78, 5) is 39.3. The molecule has 2 aliphatic heterocycles. The van der Waals surface area contributed by atoms with E-state index in [0.29, 0.717) is 25.9 Å². The second-order valence-corrected chi connectivity index (χ2v) is 7.75. The van der Waals surface area contributed by atoms with Crippen LogP contribution in [0.2, 0.25) is 0 Å². The van der Waals surface area contributed by atoms with Crippen molar-refractivity contribution in [1.29, 1.82) is 0 Å². The zero-order valence-corrected chi connectivity index (χ0v) is 19.4. The van der Waals surface area contributed by atoms with E-state index in [1.165, 1.54) is 4.90 Å². The summed E-state index contributed by atoms with van der Waals surface area (Å²) in [6, 6.07) is 8.60. The zero-order chi connectivity index (χ0) is 23.3. The predicted molar refractivity (Wildman–Crippen MR) is 120 cm³/mol. The second kappa shape index (κ2) is 13.9. The van der Waals surface area contributed by atoms with Gasteiger partial charge in [-0.05, 0) is 52.0 Å². The highest BCUT2D eigenvalue weighted by molar-refractivity contribution is 5.88. The minimum Gasteiger partial charge on any atom is -0.445 e. The molecular weight excluding hydrogens is 412 g/mol. The molecule has 0 bridgehead atoms. The minimum atomic E-state index is -0.506. The topological polar surface area (TPSA) is 85.4 Å². The molecule has 0 N–H and O–H groups in total. The highest BCUT2D eigenvalue weighted by Crippen LogP contribution is 2.24. The molecule has 2 atom stereocenters. The molecule has 0 aromatic heterocycles. The molecule has 178 valence electrons. The Hall–Kier alpha value is -2.45. The van der Waals surface area contributed by atoms with Crippen LogP contribution in [0.4, 0.5) is 4.79 Å². The number of hydrogen-bond donors (Lipinski definition) is 0. The lowest BCUT2D eigenvalue weighted by molar-refractivity contribution is -0.138. The number of amides is 2. The minimum absolute atomic E-state index is 0.0370. The maximum atomic E-state index is 12.7. The van der Waals surface area contributed by atoms with E-state index in [0.717, 1.165) is 37.9 Å². The van der Waals surface area contributed by atoms with E-state index >= 15 is 0 Å². The number of rotatable bonds is 8. The van der Waals surface area contributed by atoms with Crippen LogP contribution < -0.4 is 0 Å². The fourth-order valence-electron chi connectivity index (χ4n) is 3.96. The van der Waals surface area contributed by atoms with Crippen molar-refractivity contribution in [2.45, 2.75) is 71.4 Å². The number of hydrogen-bond acceptors (Lipinski definition) is 6. The van der Waals surface area contributed by atoms with Crippen LogP contribution in [0.3, 0.4) is 0 Å². The maximum Gasteiger partial charge on any atom is 0.410 e. The van der Waals surface area contributed by atoms with E-state index < -0.39 is 12.1 Å². The van der Waals surface area contributed by atoms with Crippen molar-refractivity contribution in [3.63, 3.8) is 0 Å². The third-order valence-electron chi connectivity index (χ3n) is 5.52. The first kappa shape index (κ1) is 25.8. The van der Waals surface area contributed by atoms with Crippen molar-refractivity contribution in [2.75, 3.05) is 26.3 Å². The van der Waals surface area contributed by atoms with Gasteiger partial charge in [0.1, 0.15) is 18.9 Å². The molecule has 0 aliphatic carbocycles. The lowest BCUT2D eigenvalue weighted by Crippen LogP contribution is -2.49. The van der Waals surface area contributed by atoms with Crippen molar-refractivity contribution in [1.82, 2.24) is 9.80 Å². The third-order valence-corrected chi connectivity index (χ3v) is 5.52. The largest absolute Gasteiger partial charge is 0.445 e. The molecule has 32 heavy (non-hydrogen) atoms. The van der Waals surface area contributed by atoms with Gasteiger partial charge in [0, 0.05) is 26.3 Å². The molecule has 2 aliphatic rings. The Morgan fingerprint density at radius 1 is 1.03 bits per heavy atom. The van der Waals surface area contributed by atoms with Gasteiger partial charge in [-0.25, -0.2) is 4.79 Å². The van der Waals surface area contributed by atoms with Crippen LogP contribution in [0.5, 0.6) is 0 Å². The molecule has 2 amide bonds. The van der Waals surface area contributed by atoms with Crippen LogP contribution in [0.15, 0.2) is 30.3 Å². The highest BCUT2D eigenvalue weighted by atomic mass is 16.7. The Labute approximate surface area is 190 Å². The highest BCUT2D eigenvalue weighted by Gasteiger charge is 2.40. The van der Waals surface area contributed by atoms with Gasteiger partial charge < -0.3 is 23.9 Å². The van der Waals surface area contributed by atoms with Crippen molar-refractivity contribution in [3.8, 4) is 0 Å². The maximum absolute atomic E-state index is 12.7. The van der Waals surface area contributed by atoms with Crippen LogP contribution >= 0.6 is 0 Å². The number of nitrogens with zero attached hydrogens (tertiary/aromatic N) is 2. The van der Waals surface area contributed by atoms with Gasteiger partial charge in [-0.1, -0.05) is 30.3 Å². The molecule has 2 fully saturated rings. The van der Waals surface area contributed by atoms with Gasteiger partial charge in [-0.15, -0.1) is 0 Å². The van der Waals surface area contributed by atoms with Crippen LogP contribution in [0.1, 0.15) is 52.0 Å². The fourth-order valence-corrected chi connectivity index (χ4v) is 3.96. The molecular formula is C24H36N2O6. The Kier molecular flexibility index (Phi) is 11.2. The monoisotopic (exact) mass is 448 g/mol. The molecule has 2 heterocycles. The van der Waals surface area contributed by atoms with Crippen molar-refractivity contribution < 1.29 is 28.6 Å². The van der Waals surface area contributed by atoms with Gasteiger partial charge >= 0.3 is 6.09 Å². The van der Waals surface area contributed by atoms with Gasteiger partial charge in [-0.3, -0.25) is 9.69 Å². The van der Waals surface area contributed by atoms with E-state index in [9.17, 15) is 14.4 Å². The molecule has 1 aromatic rings. The smallest absolute Gasteiger partial charge is 0.410 e. The number of benzene rings is 1. The van der Waals surface area contributed by atoms with E-state index in [4.69, 9.17) is 14.2 Å². The molecule has 0 spiro atoms. The lowest BCUT2D eigenvalue weighted by atomic mass is 10.1. The van der Waals surface area contributed by atoms with Crippen LogP contribution in [-0.2, 0) is 30.4 Å². The molecule has 0 radical (unpaired) electrons. The molecule has 8 nitrogen and oxygen atoms in total. The first-order valence-electron chi connectivity index (χ1n) is 11.5. The quantitative estimate of drug-likeness (QED) is 0.448. The second-order valence-electron chi connectivity index (χ2n) is 7.75. The summed E-state index contributed by atoms with van der Waals surface area (Å²) < 4.78 is 15.5. The summed E-state index contributed by atoms with van der Waals surface area (Å²) in [6.07, 6.45) is 3.28. The average Bonchev–Trinajstić information content (AvgIpc) is 3.48. The molecule has 1 aromatic carbocycles. The summed E-state index contributed by atoms with van der Waals surface area (Å²) in [5.74, 6) is -0.126.